The highest BCUT2D eigenvalue weighted by atomic mass is 35.5. The Kier molecular flexibility index (Phi) is 6.47. The zero-order valence-electron chi connectivity index (χ0n) is 15.3. The highest BCUT2D eigenvalue weighted by molar-refractivity contribution is 6.30. The Balaban J connectivity index is 1.80. The van der Waals surface area contributed by atoms with Gasteiger partial charge in [-0.3, -0.25) is 9.48 Å². The van der Waals surface area contributed by atoms with Crippen molar-refractivity contribution in [3.8, 4) is 17.2 Å². The summed E-state index contributed by atoms with van der Waals surface area (Å²) in [6.07, 6.45) is 2.62. The summed E-state index contributed by atoms with van der Waals surface area (Å²) in [4.78, 5) is 14.2. The number of rotatable bonds is 6. The van der Waals surface area contributed by atoms with Gasteiger partial charge in [0.15, 0.2) is 0 Å². The second-order valence-electron chi connectivity index (χ2n) is 6.59. The highest BCUT2D eigenvalue weighted by Crippen LogP contribution is 2.33. The Hall–Kier alpha value is -2.66. The van der Waals surface area contributed by atoms with Crippen molar-refractivity contribution in [2.75, 3.05) is 26.3 Å². The summed E-state index contributed by atoms with van der Waals surface area (Å²) in [5.74, 6) is -0.0189. The molecule has 0 bridgehead atoms. The van der Waals surface area contributed by atoms with Crippen molar-refractivity contribution in [1.29, 1.82) is 5.26 Å². The maximum absolute atomic E-state index is 12.4. The second kappa shape index (κ2) is 9.02. The van der Waals surface area contributed by atoms with E-state index in [0.717, 1.165) is 5.56 Å². The molecule has 1 atom stereocenters. The molecule has 0 unspecified atom stereocenters. The van der Waals surface area contributed by atoms with Gasteiger partial charge in [0.05, 0.1) is 31.6 Å². The first-order chi connectivity index (χ1) is 13.5. The van der Waals surface area contributed by atoms with Crippen LogP contribution in [0.4, 0.5) is 0 Å². The van der Waals surface area contributed by atoms with Crippen LogP contribution >= 0.6 is 11.6 Å². The van der Waals surface area contributed by atoms with Crippen molar-refractivity contribution in [2.45, 2.75) is 19.1 Å². The molecule has 2 heterocycles. The van der Waals surface area contributed by atoms with Crippen LogP contribution in [0.1, 0.15) is 18.1 Å². The SMILES string of the molecule is C=C(C#N)C[C@@H](O)c1ccc(Cl)cc1-c1cnn(CC(=O)N2CCOCC2)c1. The number of morpholine rings is 1. The van der Waals surface area contributed by atoms with Crippen LogP contribution in [0.2, 0.25) is 5.02 Å². The summed E-state index contributed by atoms with van der Waals surface area (Å²) in [5, 5.41) is 24.2. The number of halogens is 1. The molecule has 28 heavy (non-hydrogen) atoms. The molecule has 1 aromatic carbocycles. The maximum Gasteiger partial charge on any atom is 0.244 e. The molecule has 8 heteroatoms. The number of ether oxygens (including phenoxy) is 1. The molecule has 2 aromatic rings. The molecule has 1 fully saturated rings. The Bertz CT molecular complexity index is 912. The normalized spacial score (nSPS) is 15.1. The van der Waals surface area contributed by atoms with Crippen LogP contribution in [0.25, 0.3) is 11.1 Å². The van der Waals surface area contributed by atoms with E-state index in [1.807, 2.05) is 6.07 Å². The third-order valence-electron chi connectivity index (χ3n) is 4.58. The number of aromatic nitrogens is 2. The van der Waals surface area contributed by atoms with Gasteiger partial charge in [0.1, 0.15) is 6.54 Å². The van der Waals surface area contributed by atoms with Crippen LogP contribution < -0.4 is 0 Å². The molecule has 1 aliphatic rings. The zero-order valence-corrected chi connectivity index (χ0v) is 16.1. The number of hydrogen-bond donors (Lipinski definition) is 1. The maximum atomic E-state index is 12.4. The number of aliphatic hydroxyl groups is 1. The molecule has 1 amide bonds. The monoisotopic (exact) mass is 400 g/mol. The fourth-order valence-electron chi connectivity index (χ4n) is 3.10. The Labute approximate surface area is 168 Å². The molecular weight excluding hydrogens is 380 g/mol. The zero-order chi connectivity index (χ0) is 20.1. The number of amides is 1. The van der Waals surface area contributed by atoms with Crippen LogP contribution in [-0.4, -0.2) is 52.0 Å². The van der Waals surface area contributed by atoms with E-state index < -0.39 is 6.10 Å². The molecule has 1 N–H and O–H groups in total. The number of hydrogen-bond acceptors (Lipinski definition) is 5. The lowest BCUT2D eigenvalue weighted by molar-refractivity contribution is -0.136. The Morgan fingerprint density at radius 1 is 1.43 bits per heavy atom. The van der Waals surface area contributed by atoms with Crippen LogP contribution in [0.5, 0.6) is 0 Å². The Morgan fingerprint density at radius 2 is 2.18 bits per heavy atom. The summed E-state index contributed by atoms with van der Waals surface area (Å²) < 4.78 is 6.83. The van der Waals surface area contributed by atoms with Gasteiger partial charge in [0.2, 0.25) is 5.91 Å². The van der Waals surface area contributed by atoms with Gasteiger partial charge in [0.25, 0.3) is 0 Å². The first-order valence-corrected chi connectivity index (χ1v) is 9.29. The van der Waals surface area contributed by atoms with Crippen molar-refractivity contribution in [1.82, 2.24) is 14.7 Å². The van der Waals surface area contributed by atoms with Gasteiger partial charge < -0.3 is 14.7 Å². The quantitative estimate of drug-likeness (QED) is 0.752. The molecule has 0 saturated carbocycles. The first-order valence-electron chi connectivity index (χ1n) is 8.91. The average Bonchev–Trinajstić information content (AvgIpc) is 3.16. The minimum absolute atomic E-state index is 0.0189. The summed E-state index contributed by atoms with van der Waals surface area (Å²) >= 11 is 6.15. The highest BCUT2D eigenvalue weighted by Gasteiger charge is 2.19. The fourth-order valence-corrected chi connectivity index (χ4v) is 3.27. The van der Waals surface area contributed by atoms with Gasteiger partial charge in [-0.2, -0.15) is 10.4 Å². The number of nitrogens with zero attached hydrogens (tertiary/aromatic N) is 4. The van der Waals surface area contributed by atoms with Gasteiger partial charge in [-0.05, 0) is 23.3 Å². The van der Waals surface area contributed by atoms with Gasteiger partial charge in [0, 0.05) is 41.9 Å². The van der Waals surface area contributed by atoms with Crippen molar-refractivity contribution in [2.24, 2.45) is 0 Å². The lowest BCUT2D eigenvalue weighted by Crippen LogP contribution is -2.42. The second-order valence-corrected chi connectivity index (χ2v) is 7.02. The number of benzene rings is 1. The average molecular weight is 401 g/mol. The van der Waals surface area contributed by atoms with Gasteiger partial charge in [-0.25, -0.2) is 0 Å². The van der Waals surface area contributed by atoms with E-state index in [4.69, 9.17) is 21.6 Å². The van der Waals surface area contributed by atoms with Crippen LogP contribution in [-0.2, 0) is 16.1 Å². The molecule has 146 valence electrons. The number of carbonyl (C=O) groups excluding carboxylic acids is 1. The third-order valence-corrected chi connectivity index (χ3v) is 4.81. The third kappa shape index (κ3) is 4.78. The molecule has 0 spiro atoms. The van der Waals surface area contributed by atoms with Gasteiger partial charge in [-0.15, -0.1) is 0 Å². The minimum Gasteiger partial charge on any atom is -0.388 e. The molecule has 0 radical (unpaired) electrons. The predicted molar refractivity (Wildman–Crippen MR) is 104 cm³/mol. The van der Waals surface area contributed by atoms with Crippen LogP contribution in [0.15, 0.2) is 42.7 Å². The van der Waals surface area contributed by atoms with Crippen molar-refractivity contribution >= 4 is 17.5 Å². The van der Waals surface area contributed by atoms with E-state index in [1.54, 1.807) is 40.2 Å². The van der Waals surface area contributed by atoms with Crippen LogP contribution in [0.3, 0.4) is 0 Å². The van der Waals surface area contributed by atoms with E-state index in [-0.39, 0.29) is 18.9 Å². The van der Waals surface area contributed by atoms with Crippen molar-refractivity contribution in [3.63, 3.8) is 0 Å². The van der Waals surface area contributed by atoms with E-state index in [0.29, 0.717) is 48.0 Å². The minimum atomic E-state index is -0.891. The Morgan fingerprint density at radius 3 is 2.89 bits per heavy atom. The molecule has 0 aliphatic carbocycles. The lowest BCUT2D eigenvalue weighted by Gasteiger charge is -2.26. The molecule has 7 nitrogen and oxygen atoms in total. The van der Waals surface area contributed by atoms with Crippen molar-refractivity contribution in [3.05, 3.63) is 53.3 Å². The lowest BCUT2D eigenvalue weighted by atomic mass is 9.95. The standard InChI is InChI=1S/C20H21ClN4O3/c1-14(10-22)8-19(26)17-3-2-16(21)9-18(17)15-11-23-25(12-15)13-20(27)24-4-6-28-7-5-24/h2-3,9,11-12,19,26H,1,4-8,13H2/t19-/m1/s1. The largest absolute Gasteiger partial charge is 0.388 e. The van der Waals surface area contributed by atoms with Crippen molar-refractivity contribution < 1.29 is 14.6 Å². The molecule has 1 aliphatic heterocycles. The summed E-state index contributed by atoms with van der Waals surface area (Å²) in [6.45, 7) is 6.02. The smallest absolute Gasteiger partial charge is 0.244 e. The van der Waals surface area contributed by atoms with Gasteiger partial charge in [-0.1, -0.05) is 24.2 Å². The fraction of sp³-hybridized carbons (Fsp3) is 0.350. The molecule has 3 rings (SSSR count). The molecule has 1 saturated heterocycles. The van der Waals surface area contributed by atoms with E-state index in [2.05, 4.69) is 11.7 Å². The summed E-state index contributed by atoms with van der Waals surface area (Å²) in [5.41, 5.74) is 2.35. The molecule has 1 aromatic heterocycles. The number of aliphatic hydroxyl groups excluding tert-OH is 1. The van der Waals surface area contributed by atoms with E-state index in [1.165, 1.54) is 0 Å². The van der Waals surface area contributed by atoms with Crippen LogP contribution in [0, 0.1) is 11.3 Å². The molecular formula is C20H21ClN4O3. The number of carbonyl (C=O) groups is 1. The first kappa shape index (κ1) is 20.1. The van der Waals surface area contributed by atoms with Gasteiger partial charge >= 0.3 is 0 Å². The predicted octanol–water partition coefficient (Wildman–Crippen LogP) is 2.57. The van der Waals surface area contributed by atoms with E-state index >= 15 is 0 Å². The summed E-state index contributed by atoms with van der Waals surface area (Å²) in [6, 6.07) is 7.09. The van der Waals surface area contributed by atoms with E-state index in [9.17, 15) is 9.90 Å². The summed E-state index contributed by atoms with van der Waals surface area (Å²) in [7, 11) is 0. The topological polar surface area (TPSA) is 91.4 Å². The number of nitriles is 1.